The number of nitrogens with zero attached hydrogens (tertiary/aromatic N) is 1. The SMILES string of the molecule is Cc1cc(NC(=O)c2cccc(C(F)(F)C(=O)N3C4CC[C@@H]3CC(O)C4)c2F)ccc1F. The van der Waals surface area contributed by atoms with Gasteiger partial charge in [0.15, 0.2) is 0 Å². The van der Waals surface area contributed by atoms with Crippen LogP contribution in [0.3, 0.4) is 0 Å². The van der Waals surface area contributed by atoms with Crippen LogP contribution in [0, 0.1) is 18.6 Å². The summed E-state index contributed by atoms with van der Waals surface area (Å²) in [6.45, 7) is 1.48. The molecule has 2 N–H and O–H groups in total. The minimum atomic E-state index is -4.18. The van der Waals surface area contributed by atoms with Gasteiger partial charge >= 0.3 is 5.92 Å². The second-order valence-corrected chi connectivity index (χ2v) is 8.38. The van der Waals surface area contributed by atoms with Crippen LogP contribution < -0.4 is 5.32 Å². The second-order valence-electron chi connectivity index (χ2n) is 8.38. The molecule has 0 saturated carbocycles. The minimum absolute atomic E-state index is 0.171. The summed E-state index contributed by atoms with van der Waals surface area (Å²) in [6.07, 6.45) is 0.779. The molecule has 32 heavy (non-hydrogen) atoms. The fourth-order valence-electron chi connectivity index (χ4n) is 4.63. The quantitative estimate of drug-likeness (QED) is 0.689. The molecular weight excluding hydrogens is 428 g/mol. The zero-order valence-corrected chi connectivity index (χ0v) is 17.2. The van der Waals surface area contributed by atoms with Crippen LogP contribution in [0.2, 0.25) is 0 Å². The van der Waals surface area contributed by atoms with Crippen molar-refractivity contribution in [2.45, 2.75) is 56.7 Å². The maximum Gasteiger partial charge on any atom is 0.352 e. The van der Waals surface area contributed by atoms with Gasteiger partial charge in [0, 0.05) is 17.8 Å². The minimum Gasteiger partial charge on any atom is -0.393 e. The molecule has 2 heterocycles. The average Bonchev–Trinajstić information content (AvgIpc) is 3.00. The molecule has 2 saturated heterocycles. The first-order valence-electron chi connectivity index (χ1n) is 10.3. The highest BCUT2D eigenvalue weighted by Gasteiger charge is 2.53. The normalized spacial score (nSPS) is 22.7. The Balaban J connectivity index is 1.60. The molecule has 0 spiro atoms. The van der Waals surface area contributed by atoms with Crippen LogP contribution in [0.5, 0.6) is 0 Å². The second kappa shape index (κ2) is 8.20. The lowest BCUT2D eigenvalue weighted by atomic mass is 9.96. The molecule has 2 aliphatic heterocycles. The smallest absolute Gasteiger partial charge is 0.352 e. The zero-order chi connectivity index (χ0) is 23.2. The average molecular weight is 450 g/mol. The summed E-state index contributed by atoms with van der Waals surface area (Å²) in [4.78, 5) is 26.4. The first-order valence-corrected chi connectivity index (χ1v) is 10.3. The number of anilines is 1. The summed E-state index contributed by atoms with van der Waals surface area (Å²) in [5.41, 5.74) is -1.43. The predicted molar refractivity (Wildman–Crippen MR) is 108 cm³/mol. The van der Waals surface area contributed by atoms with E-state index in [9.17, 15) is 19.1 Å². The van der Waals surface area contributed by atoms with Gasteiger partial charge in [-0.3, -0.25) is 9.59 Å². The van der Waals surface area contributed by atoms with Gasteiger partial charge in [-0.1, -0.05) is 6.07 Å². The molecule has 2 aliphatic rings. The Morgan fingerprint density at radius 2 is 1.75 bits per heavy atom. The van der Waals surface area contributed by atoms with E-state index in [1.807, 2.05) is 0 Å². The van der Waals surface area contributed by atoms with Crippen molar-refractivity contribution in [1.82, 2.24) is 4.90 Å². The van der Waals surface area contributed by atoms with E-state index in [0.717, 1.165) is 29.2 Å². The van der Waals surface area contributed by atoms with Crippen LogP contribution in [-0.2, 0) is 10.7 Å². The van der Waals surface area contributed by atoms with Crippen molar-refractivity contribution < 1.29 is 32.3 Å². The van der Waals surface area contributed by atoms with E-state index in [4.69, 9.17) is 0 Å². The fourth-order valence-corrected chi connectivity index (χ4v) is 4.63. The van der Waals surface area contributed by atoms with Gasteiger partial charge in [-0.2, -0.15) is 8.78 Å². The summed E-state index contributed by atoms with van der Waals surface area (Å²) >= 11 is 0. The molecule has 0 aromatic heterocycles. The van der Waals surface area contributed by atoms with E-state index in [2.05, 4.69) is 5.32 Å². The van der Waals surface area contributed by atoms with E-state index in [1.54, 1.807) is 0 Å². The lowest BCUT2D eigenvalue weighted by Crippen LogP contribution is -2.53. The molecule has 2 fully saturated rings. The Labute approximate surface area is 182 Å². The van der Waals surface area contributed by atoms with Gasteiger partial charge in [0.2, 0.25) is 0 Å². The monoisotopic (exact) mass is 450 g/mol. The van der Waals surface area contributed by atoms with Gasteiger partial charge in [0.25, 0.3) is 11.8 Å². The first-order chi connectivity index (χ1) is 15.1. The highest BCUT2D eigenvalue weighted by atomic mass is 19.3. The number of benzene rings is 2. The van der Waals surface area contributed by atoms with Crippen LogP contribution in [0.1, 0.15) is 47.2 Å². The van der Waals surface area contributed by atoms with Crippen LogP contribution >= 0.6 is 0 Å². The fraction of sp³-hybridized carbons (Fsp3) is 0.391. The number of halogens is 4. The van der Waals surface area contributed by atoms with Crippen molar-refractivity contribution in [3.05, 3.63) is 64.7 Å². The van der Waals surface area contributed by atoms with Gasteiger partial charge in [-0.25, -0.2) is 8.78 Å². The van der Waals surface area contributed by atoms with Crippen molar-refractivity contribution in [3.63, 3.8) is 0 Å². The molecule has 0 aliphatic carbocycles. The Hall–Kier alpha value is -2.94. The highest BCUT2D eigenvalue weighted by molar-refractivity contribution is 6.04. The molecule has 4 rings (SSSR count). The molecule has 5 nitrogen and oxygen atoms in total. The molecule has 2 unspecified atom stereocenters. The summed E-state index contributed by atoms with van der Waals surface area (Å²) in [5, 5.41) is 12.2. The summed E-state index contributed by atoms with van der Waals surface area (Å²) in [7, 11) is 0. The summed E-state index contributed by atoms with van der Waals surface area (Å²) in [5.74, 6) is -8.70. The van der Waals surface area contributed by atoms with Crippen molar-refractivity contribution in [2.24, 2.45) is 0 Å². The number of rotatable bonds is 4. The number of fused-ring (bicyclic) bond motifs is 2. The molecule has 2 amide bonds. The number of nitrogens with one attached hydrogen (secondary N) is 1. The van der Waals surface area contributed by atoms with Gasteiger partial charge < -0.3 is 15.3 Å². The largest absolute Gasteiger partial charge is 0.393 e. The number of alkyl halides is 2. The number of hydrogen-bond donors (Lipinski definition) is 2. The van der Waals surface area contributed by atoms with Gasteiger partial charge in [-0.05, 0) is 68.5 Å². The van der Waals surface area contributed by atoms with Crippen LogP contribution in [0.15, 0.2) is 36.4 Å². The third kappa shape index (κ3) is 3.85. The van der Waals surface area contributed by atoms with Gasteiger partial charge in [0.1, 0.15) is 11.6 Å². The summed E-state index contributed by atoms with van der Waals surface area (Å²) < 4.78 is 58.8. The lowest BCUT2D eigenvalue weighted by molar-refractivity contribution is -0.166. The molecule has 0 radical (unpaired) electrons. The van der Waals surface area contributed by atoms with Crippen molar-refractivity contribution >= 4 is 17.5 Å². The Morgan fingerprint density at radius 1 is 1.09 bits per heavy atom. The van der Waals surface area contributed by atoms with Gasteiger partial charge in [-0.15, -0.1) is 0 Å². The van der Waals surface area contributed by atoms with Crippen molar-refractivity contribution in [2.75, 3.05) is 5.32 Å². The number of carbonyl (C=O) groups excluding carboxylic acids is 2. The summed E-state index contributed by atoms with van der Waals surface area (Å²) in [6, 6.07) is 5.58. The number of aliphatic hydroxyl groups is 1. The first kappa shape index (κ1) is 22.3. The number of aliphatic hydroxyl groups excluding tert-OH is 1. The van der Waals surface area contributed by atoms with E-state index in [1.165, 1.54) is 19.1 Å². The molecule has 2 aromatic rings. The molecular formula is C23H22F4N2O3. The molecule has 3 atom stereocenters. The Bertz CT molecular complexity index is 1060. The third-order valence-electron chi connectivity index (χ3n) is 6.21. The predicted octanol–water partition coefficient (Wildman–Crippen LogP) is 4.13. The number of carbonyl (C=O) groups is 2. The van der Waals surface area contributed by atoms with Crippen LogP contribution in [0.4, 0.5) is 23.2 Å². The number of piperidine rings is 1. The van der Waals surface area contributed by atoms with Crippen LogP contribution in [-0.4, -0.2) is 40.0 Å². The van der Waals surface area contributed by atoms with Gasteiger partial charge in [0.05, 0.1) is 17.2 Å². The third-order valence-corrected chi connectivity index (χ3v) is 6.21. The number of aryl methyl sites for hydroxylation is 1. The van der Waals surface area contributed by atoms with E-state index >= 15 is 13.2 Å². The van der Waals surface area contributed by atoms with E-state index < -0.39 is 58.7 Å². The van der Waals surface area contributed by atoms with Crippen molar-refractivity contribution in [1.29, 1.82) is 0 Å². The maximum atomic E-state index is 15.2. The van der Waals surface area contributed by atoms with E-state index in [0.29, 0.717) is 12.8 Å². The standard InChI is InChI=1S/C23H22F4N2O3/c1-12-9-13(5-8-19(12)24)28-21(31)17-3-2-4-18(20(17)25)23(26,27)22(32)29-14-6-7-15(29)11-16(30)10-14/h2-5,8-9,14-16,30H,6-7,10-11H2,1H3,(H,28,31)/t14-,15?,16?/m1/s1. The highest BCUT2D eigenvalue weighted by Crippen LogP contribution is 2.41. The zero-order valence-electron chi connectivity index (χ0n) is 17.2. The number of hydrogen-bond acceptors (Lipinski definition) is 3. The number of amides is 2. The molecule has 2 aromatic carbocycles. The van der Waals surface area contributed by atoms with E-state index in [-0.39, 0.29) is 24.1 Å². The molecule has 2 bridgehead atoms. The molecule has 170 valence electrons. The van der Waals surface area contributed by atoms with Crippen molar-refractivity contribution in [3.8, 4) is 0 Å². The van der Waals surface area contributed by atoms with Crippen LogP contribution in [0.25, 0.3) is 0 Å². The topological polar surface area (TPSA) is 69.6 Å². The Kier molecular flexibility index (Phi) is 5.70. The molecule has 9 heteroatoms. The Morgan fingerprint density at radius 3 is 2.38 bits per heavy atom. The lowest BCUT2D eigenvalue weighted by Gasteiger charge is -2.39. The maximum absolute atomic E-state index is 15.2.